The Kier molecular flexibility index (Phi) is 5.24. The van der Waals surface area contributed by atoms with Crippen molar-refractivity contribution in [3.05, 3.63) is 82.7 Å². The summed E-state index contributed by atoms with van der Waals surface area (Å²) in [6.45, 7) is 0. The molecule has 150 valence electrons. The summed E-state index contributed by atoms with van der Waals surface area (Å²) in [6.07, 6.45) is 1.62. The Morgan fingerprint density at radius 3 is 2.67 bits per heavy atom. The second-order valence-corrected chi connectivity index (χ2v) is 7.44. The molecule has 0 atom stereocenters. The van der Waals surface area contributed by atoms with Crippen molar-refractivity contribution in [2.45, 2.75) is 0 Å². The maximum absolute atomic E-state index is 13.1. The number of halogens is 1. The first-order chi connectivity index (χ1) is 14.4. The highest BCUT2D eigenvalue weighted by molar-refractivity contribution is 8.18. The van der Waals surface area contributed by atoms with Crippen LogP contribution in [0.25, 0.3) is 17.4 Å². The van der Waals surface area contributed by atoms with Crippen LogP contribution in [-0.2, 0) is 4.79 Å². The Labute approximate surface area is 175 Å². The van der Waals surface area contributed by atoms with Crippen LogP contribution in [0.3, 0.4) is 0 Å². The molecule has 1 aromatic heterocycles. The summed E-state index contributed by atoms with van der Waals surface area (Å²) in [4.78, 5) is 29.9. The molecular formula is C22H15FN2O4S. The van der Waals surface area contributed by atoms with Gasteiger partial charge in [0.2, 0.25) is 0 Å². The Hall–Kier alpha value is -3.65. The highest BCUT2D eigenvalue weighted by Gasteiger charge is 2.30. The van der Waals surface area contributed by atoms with E-state index in [0.717, 1.165) is 5.56 Å². The quantitative estimate of drug-likeness (QED) is 0.597. The minimum Gasteiger partial charge on any atom is -0.478 e. The zero-order valence-electron chi connectivity index (χ0n) is 15.7. The summed E-state index contributed by atoms with van der Waals surface area (Å²) in [6, 6.07) is 15.6. The lowest BCUT2D eigenvalue weighted by molar-refractivity contribution is -0.121. The monoisotopic (exact) mass is 422 g/mol. The number of furan rings is 1. The Morgan fingerprint density at radius 1 is 1.17 bits per heavy atom. The molecule has 2 aromatic carbocycles. The van der Waals surface area contributed by atoms with Gasteiger partial charge in [-0.05, 0) is 66.4 Å². The van der Waals surface area contributed by atoms with E-state index in [0.29, 0.717) is 27.3 Å². The predicted molar refractivity (Wildman–Crippen MR) is 113 cm³/mol. The number of hydrogen-bond acceptors (Lipinski definition) is 5. The average molecular weight is 422 g/mol. The van der Waals surface area contributed by atoms with Crippen LogP contribution in [0.1, 0.15) is 16.1 Å². The van der Waals surface area contributed by atoms with E-state index in [2.05, 4.69) is 4.99 Å². The predicted octanol–water partition coefficient (Wildman–Crippen LogP) is 5.02. The van der Waals surface area contributed by atoms with E-state index in [1.165, 1.54) is 40.9 Å². The fraction of sp³-hybridized carbons (Fsp3) is 0.0455. The van der Waals surface area contributed by atoms with Crippen molar-refractivity contribution in [3.63, 3.8) is 0 Å². The van der Waals surface area contributed by atoms with Crippen LogP contribution in [0.5, 0.6) is 0 Å². The van der Waals surface area contributed by atoms with Crippen molar-refractivity contribution in [3.8, 4) is 11.3 Å². The molecule has 0 aliphatic carbocycles. The number of hydrogen-bond donors (Lipinski definition) is 1. The summed E-state index contributed by atoms with van der Waals surface area (Å²) in [5, 5.41) is 9.54. The van der Waals surface area contributed by atoms with Crippen LogP contribution in [0.15, 0.2) is 75.0 Å². The van der Waals surface area contributed by atoms with Gasteiger partial charge in [0.05, 0.1) is 16.2 Å². The average Bonchev–Trinajstić information content (AvgIpc) is 3.30. The minimum absolute atomic E-state index is 0.119. The first-order valence-corrected chi connectivity index (χ1v) is 9.68. The Balaban J connectivity index is 1.58. The molecule has 1 amide bonds. The van der Waals surface area contributed by atoms with Crippen molar-refractivity contribution in [1.29, 1.82) is 0 Å². The molecule has 1 N–H and O–H groups in total. The molecule has 1 aliphatic rings. The number of aliphatic imine (C=N–C) groups is 1. The number of amidine groups is 1. The van der Waals surface area contributed by atoms with Crippen LogP contribution >= 0.6 is 11.8 Å². The molecule has 1 fully saturated rings. The standard InChI is InChI=1S/C22H15FN2O4S/c1-25-20(26)19(30-22(25)24-16-4-2-3-14(11-16)21(27)28)12-17-9-10-18(29-17)13-5-7-15(23)8-6-13/h2-12H,1H3,(H,27,28). The van der Waals surface area contributed by atoms with Crippen LogP contribution in [0.2, 0.25) is 0 Å². The number of rotatable bonds is 4. The van der Waals surface area contributed by atoms with Crippen LogP contribution < -0.4 is 0 Å². The van der Waals surface area contributed by atoms with Crippen molar-refractivity contribution < 1.29 is 23.5 Å². The maximum atomic E-state index is 13.1. The van der Waals surface area contributed by atoms with E-state index in [4.69, 9.17) is 9.52 Å². The van der Waals surface area contributed by atoms with Gasteiger partial charge >= 0.3 is 5.97 Å². The number of carboxylic acids is 1. The van der Waals surface area contributed by atoms with Gasteiger partial charge in [0.1, 0.15) is 17.3 Å². The summed E-state index contributed by atoms with van der Waals surface area (Å²) in [7, 11) is 1.60. The third-order valence-electron chi connectivity index (χ3n) is 4.35. The topological polar surface area (TPSA) is 83.1 Å². The fourth-order valence-corrected chi connectivity index (χ4v) is 3.77. The van der Waals surface area contributed by atoms with Crippen LogP contribution in [0.4, 0.5) is 10.1 Å². The lowest BCUT2D eigenvalue weighted by atomic mass is 10.2. The van der Waals surface area contributed by atoms with E-state index in [9.17, 15) is 14.0 Å². The Bertz CT molecular complexity index is 1200. The molecular weight excluding hydrogens is 407 g/mol. The van der Waals surface area contributed by atoms with Gasteiger partial charge in [-0.3, -0.25) is 9.69 Å². The lowest BCUT2D eigenvalue weighted by Crippen LogP contribution is -2.23. The lowest BCUT2D eigenvalue weighted by Gasteiger charge is -2.07. The summed E-state index contributed by atoms with van der Waals surface area (Å²) < 4.78 is 18.8. The molecule has 6 nitrogen and oxygen atoms in total. The second-order valence-electron chi connectivity index (χ2n) is 6.43. The van der Waals surface area contributed by atoms with Gasteiger partial charge in [0, 0.05) is 18.7 Å². The number of benzene rings is 2. The summed E-state index contributed by atoms with van der Waals surface area (Å²) in [5.41, 5.74) is 1.28. The molecule has 0 bridgehead atoms. The van der Waals surface area contributed by atoms with Gasteiger partial charge in [-0.2, -0.15) is 0 Å². The number of likely N-dealkylation sites (N-methyl/N-ethyl adjacent to an activating group) is 1. The smallest absolute Gasteiger partial charge is 0.335 e. The van der Waals surface area contributed by atoms with Gasteiger partial charge < -0.3 is 9.52 Å². The van der Waals surface area contributed by atoms with Gasteiger partial charge in [-0.1, -0.05) is 6.07 Å². The number of nitrogens with zero attached hydrogens (tertiary/aromatic N) is 2. The highest BCUT2D eigenvalue weighted by atomic mass is 32.2. The minimum atomic E-state index is -1.05. The van der Waals surface area contributed by atoms with Crippen LogP contribution in [-0.4, -0.2) is 34.1 Å². The maximum Gasteiger partial charge on any atom is 0.335 e. The second kappa shape index (κ2) is 8.00. The van der Waals surface area contributed by atoms with Crippen molar-refractivity contribution >= 4 is 40.6 Å². The number of carboxylic acid groups (broad SMARTS) is 1. The number of thioether (sulfide) groups is 1. The number of carbonyl (C=O) groups excluding carboxylic acids is 1. The molecule has 30 heavy (non-hydrogen) atoms. The number of amides is 1. The van der Waals surface area contributed by atoms with E-state index < -0.39 is 5.97 Å². The fourth-order valence-electron chi connectivity index (χ4n) is 2.80. The molecule has 1 saturated heterocycles. The molecule has 3 aromatic rings. The molecule has 2 heterocycles. The number of aromatic carboxylic acids is 1. The van der Waals surface area contributed by atoms with Gasteiger partial charge in [-0.15, -0.1) is 0 Å². The number of carbonyl (C=O) groups is 2. The summed E-state index contributed by atoms with van der Waals surface area (Å²) >= 11 is 1.17. The van der Waals surface area contributed by atoms with Crippen LogP contribution in [0, 0.1) is 5.82 Å². The van der Waals surface area contributed by atoms with Crippen molar-refractivity contribution in [1.82, 2.24) is 4.90 Å². The van der Waals surface area contributed by atoms with Gasteiger partial charge in [0.25, 0.3) is 5.91 Å². The molecule has 1 aliphatic heterocycles. The molecule has 8 heteroatoms. The van der Waals surface area contributed by atoms with Gasteiger partial charge in [0.15, 0.2) is 5.17 Å². The molecule has 0 saturated carbocycles. The van der Waals surface area contributed by atoms with E-state index in [-0.39, 0.29) is 17.3 Å². The third kappa shape index (κ3) is 4.04. The van der Waals surface area contributed by atoms with E-state index in [1.54, 1.807) is 49.5 Å². The van der Waals surface area contributed by atoms with Gasteiger partial charge in [-0.25, -0.2) is 14.2 Å². The normalized spacial score (nSPS) is 16.6. The zero-order valence-corrected chi connectivity index (χ0v) is 16.5. The first-order valence-electron chi connectivity index (χ1n) is 8.86. The molecule has 0 spiro atoms. The zero-order chi connectivity index (χ0) is 21.3. The molecule has 0 radical (unpaired) electrons. The summed E-state index contributed by atoms with van der Waals surface area (Å²) in [5.74, 6) is -0.578. The Morgan fingerprint density at radius 2 is 1.93 bits per heavy atom. The van der Waals surface area contributed by atoms with E-state index >= 15 is 0 Å². The third-order valence-corrected chi connectivity index (χ3v) is 5.41. The molecule has 4 rings (SSSR count). The molecule has 0 unspecified atom stereocenters. The highest BCUT2D eigenvalue weighted by Crippen LogP contribution is 2.34. The first kappa shape index (κ1) is 19.7. The van der Waals surface area contributed by atoms with E-state index in [1.807, 2.05) is 0 Å². The van der Waals surface area contributed by atoms with Crippen molar-refractivity contribution in [2.75, 3.05) is 7.05 Å². The SMILES string of the molecule is CN1C(=O)C(=Cc2ccc(-c3ccc(F)cc3)o2)SC1=Nc1cccc(C(=O)O)c1. The largest absolute Gasteiger partial charge is 0.478 e. The van der Waals surface area contributed by atoms with Crippen molar-refractivity contribution in [2.24, 2.45) is 4.99 Å².